The molecule has 0 aliphatic carbocycles. The van der Waals surface area contributed by atoms with E-state index in [4.69, 9.17) is 14.6 Å². The molecule has 2 aromatic rings. The minimum Gasteiger partial charge on any atom is -0.478 e. The molecule has 1 aliphatic rings. The van der Waals surface area contributed by atoms with Gasteiger partial charge in [-0.3, -0.25) is 0 Å². The third-order valence-corrected chi connectivity index (χ3v) is 3.34. The van der Waals surface area contributed by atoms with Gasteiger partial charge in [-0.2, -0.15) is 8.78 Å². The molecule has 0 saturated heterocycles. The molecular weight excluding hydrogens is 320 g/mol. The van der Waals surface area contributed by atoms with Gasteiger partial charge in [0.25, 0.3) is 0 Å². The second kappa shape index (κ2) is 6.19. The minimum absolute atomic E-state index is 0.103. The van der Waals surface area contributed by atoms with Crippen LogP contribution in [-0.2, 0) is 0 Å². The van der Waals surface area contributed by atoms with E-state index in [1.54, 1.807) is 18.2 Å². The minimum atomic E-state index is -3.43. The number of para-hydroxylation sites is 1. The van der Waals surface area contributed by atoms with Gasteiger partial charge < -0.3 is 19.9 Å². The Morgan fingerprint density at radius 1 is 1.17 bits per heavy atom. The molecule has 0 atom stereocenters. The van der Waals surface area contributed by atoms with Crippen LogP contribution in [0.4, 0.5) is 14.5 Å². The zero-order valence-electron chi connectivity index (χ0n) is 12.3. The predicted molar refractivity (Wildman–Crippen MR) is 83.6 cm³/mol. The van der Waals surface area contributed by atoms with Crippen molar-refractivity contribution in [3.05, 3.63) is 59.7 Å². The molecule has 0 spiro atoms. The zero-order valence-corrected chi connectivity index (χ0v) is 12.3. The van der Waals surface area contributed by atoms with Gasteiger partial charge in [-0.05, 0) is 29.8 Å². The molecule has 3 rings (SSSR count). The number of nitrogens with one attached hydrogen (secondary N) is 1. The summed E-state index contributed by atoms with van der Waals surface area (Å²) in [5.41, 5.74) is 0.117. The first-order valence-corrected chi connectivity index (χ1v) is 7.02. The molecule has 2 N–H and O–H groups in total. The van der Waals surface area contributed by atoms with E-state index in [1.165, 1.54) is 30.3 Å². The first-order valence-electron chi connectivity index (χ1n) is 7.02. The molecule has 0 saturated carbocycles. The van der Waals surface area contributed by atoms with Crippen molar-refractivity contribution < 1.29 is 28.2 Å². The summed E-state index contributed by atoms with van der Waals surface area (Å²) in [5, 5.41) is 11.0. The maximum absolute atomic E-state index is 14.1. The van der Waals surface area contributed by atoms with Crippen molar-refractivity contribution in [1.29, 1.82) is 0 Å². The summed E-state index contributed by atoms with van der Waals surface area (Å²) >= 11 is 0. The van der Waals surface area contributed by atoms with Gasteiger partial charge in [0.15, 0.2) is 11.5 Å². The van der Waals surface area contributed by atoms with E-state index < -0.39 is 12.0 Å². The van der Waals surface area contributed by atoms with Gasteiger partial charge >= 0.3 is 12.0 Å². The number of carboxylic acids is 1. The Balaban J connectivity index is 1.77. The number of hydrogen-bond donors (Lipinski definition) is 2. The lowest BCUT2D eigenvalue weighted by atomic mass is 10.1. The summed E-state index contributed by atoms with van der Waals surface area (Å²) in [6.07, 6.45) is 1.88. The molecule has 0 fully saturated rings. The van der Waals surface area contributed by atoms with E-state index in [-0.39, 0.29) is 18.0 Å². The molecule has 24 heavy (non-hydrogen) atoms. The highest BCUT2D eigenvalue weighted by Gasteiger charge is 2.26. The number of fused-ring (bicyclic) bond motifs is 1. The van der Waals surface area contributed by atoms with Crippen molar-refractivity contribution in [1.82, 2.24) is 0 Å². The highest BCUT2D eigenvalue weighted by Crippen LogP contribution is 2.33. The fourth-order valence-corrected chi connectivity index (χ4v) is 2.22. The van der Waals surface area contributed by atoms with E-state index in [0.29, 0.717) is 23.1 Å². The van der Waals surface area contributed by atoms with Crippen LogP contribution in [0.1, 0.15) is 15.9 Å². The normalized spacial score (nSPS) is 13.2. The van der Waals surface area contributed by atoms with Crippen LogP contribution in [0.15, 0.2) is 48.5 Å². The summed E-state index contributed by atoms with van der Waals surface area (Å²) in [7, 11) is 0. The summed E-state index contributed by atoms with van der Waals surface area (Å²) in [6, 6.07) is 6.89. The largest absolute Gasteiger partial charge is 0.478 e. The molecule has 0 bridgehead atoms. The predicted octanol–water partition coefficient (Wildman–Crippen LogP) is 3.83. The number of carbonyl (C=O) groups is 1. The Kier molecular flexibility index (Phi) is 4.07. The standard InChI is InChI=1S/C17H13F2NO4/c18-17(19,20-13-4-2-1-3-12(13)16(21)22)8-7-11-5-6-14-15(9-11)24-10-23-14/h1-9,20H,10H2,(H,21,22). The molecule has 0 unspecified atom stereocenters. The quantitative estimate of drug-likeness (QED) is 0.814. The molecule has 0 radical (unpaired) electrons. The Hall–Kier alpha value is -3.09. The molecule has 5 nitrogen and oxygen atoms in total. The highest BCUT2D eigenvalue weighted by atomic mass is 19.3. The SMILES string of the molecule is O=C(O)c1ccccc1NC(F)(F)C=Cc1ccc2c(c1)OCO2. The summed E-state index contributed by atoms with van der Waals surface area (Å²) < 4.78 is 38.5. The second-order valence-corrected chi connectivity index (χ2v) is 5.04. The molecule has 124 valence electrons. The topological polar surface area (TPSA) is 67.8 Å². The van der Waals surface area contributed by atoms with Gasteiger partial charge in [0.05, 0.1) is 11.3 Å². The number of anilines is 1. The van der Waals surface area contributed by atoms with Crippen molar-refractivity contribution in [2.75, 3.05) is 12.1 Å². The lowest BCUT2D eigenvalue weighted by Gasteiger charge is -2.16. The van der Waals surface area contributed by atoms with Gasteiger partial charge in [0.2, 0.25) is 6.79 Å². The van der Waals surface area contributed by atoms with Gasteiger partial charge in [-0.25, -0.2) is 4.79 Å². The van der Waals surface area contributed by atoms with Gasteiger partial charge in [-0.15, -0.1) is 0 Å². The van der Waals surface area contributed by atoms with Gasteiger partial charge in [0, 0.05) is 6.08 Å². The van der Waals surface area contributed by atoms with E-state index >= 15 is 0 Å². The van der Waals surface area contributed by atoms with Crippen molar-refractivity contribution in [3.8, 4) is 11.5 Å². The maximum atomic E-state index is 14.1. The molecule has 0 aromatic heterocycles. The maximum Gasteiger partial charge on any atom is 0.343 e. The summed E-state index contributed by atoms with van der Waals surface area (Å²) in [5.74, 6) is -0.231. The number of rotatable bonds is 5. The molecule has 1 heterocycles. The first-order chi connectivity index (χ1) is 11.4. The van der Waals surface area contributed by atoms with E-state index in [1.807, 2.05) is 5.32 Å². The van der Waals surface area contributed by atoms with E-state index in [9.17, 15) is 13.6 Å². The van der Waals surface area contributed by atoms with Crippen LogP contribution in [0.3, 0.4) is 0 Å². The number of alkyl halides is 2. The lowest BCUT2D eigenvalue weighted by Crippen LogP contribution is -2.25. The Labute approximate surface area is 136 Å². The molecule has 2 aromatic carbocycles. The lowest BCUT2D eigenvalue weighted by molar-refractivity contribution is 0.0695. The van der Waals surface area contributed by atoms with Crippen molar-refractivity contribution >= 4 is 17.7 Å². The number of halogens is 2. The average Bonchev–Trinajstić information content (AvgIpc) is 3.00. The fraction of sp³-hybridized carbons (Fsp3) is 0.118. The van der Waals surface area contributed by atoms with Gasteiger partial charge in [-0.1, -0.05) is 24.3 Å². The second-order valence-electron chi connectivity index (χ2n) is 5.04. The van der Waals surface area contributed by atoms with Crippen LogP contribution in [0, 0.1) is 0 Å². The monoisotopic (exact) mass is 333 g/mol. The third kappa shape index (κ3) is 3.45. The molecule has 0 amide bonds. The van der Waals surface area contributed by atoms with E-state index in [2.05, 4.69) is 0 Å². The average molecular weight is 333 g/mol. The first kappa shape index (κ1) is 15.8. The van der Waals surface area contributed by atoms with Gasteiger partial charge in [0.1, 0.15) is 0 Å². The summed E-state index contributed by atoms with van der Waals surface area (Å²) in [4.78, 5) is 11.1. The van der Waals surface area contributed by atoms with Crippen LogP contribution in [0.5, 0.6) is 11.5 Å². The van der Waals surface area contributed by atoms with Crippen molar-refractivity contribution in [2.45, 2.75) is 6.05 Å². The number of aromatic carboxylic acids is 1. The smallest absolute Gasteiger partial charge is 0.343 e. The Bertz CT molecular complexity index is 805. The molecular formula is C17H13F2NO4. The van der Waals surface area contributed by atoms with Crippen LogP contribution >= 0.6 is 0 Å². The molecule has 1 aliphatic heterocycles. The van der Waals surface area contributed by atoms with Crippen molar-refractivity contribution in [3.63, 3.8) is 0 Å². The summed E-state index contributed by atoms with van der Waals surface area (Å²) in [6.45, 7) is 0.103. The van der Waals surface area contributed by atoms with Crippen LogP contribution in [0.25, 0.3) is 6.08 Å². The van der Waals surface area contributed by atoms with E-state index in [0.717, 1.165) is 0 Å². The number of ether oxygens (including phenoxy) is 2. The number of hydrogen-bond acceptors (Lipinski definition) is 4. The number of benzene rings is 2. The fourth-order valence-electron chi connectivity index (χ4n) is 2.22. The number of carboxylic acid groups (broad SMARTS) is 1. The molecule has 7 heteroatoms. The zero-order chi connectivity index (χ0) is 17.2. The Morgan fingerprint density at radius 3 is 2.71 bits per heavy atom. The van der Waals surface area contributed by atoms with Crippen LogP contribution in [-0.4, -0.2) is 23.9 Å². The Morgan fingerprint density at radius 2 is 1.92 bits per heavy atom. The third-order valence-electron chi connectivity index (χ3n) is 3.34. The van der Waals surface area contributed by atoms with Crippen LogP contribution < -0.4 is 14.8 Å². The van der Waals surface area contributed by atoms with Crippen molar-refractivity contribution in [2.24, 2.45) is 0 Å². The van der Waals surface area contributed by atoms with Crippen LogP contribution in [0.2, 0.25) is 0 Å². The highest BCUT2D eigenvalue weighted by molar-refractivity contribution is 5.94.